The van der Waals surface area contributed by atoms with E-state index in [0.29, 0.717) is 0 Å². The zero-order valence-corrected chi connectivity index (χ0v) is 14.7. The van der Waals surface area contributed by atoms with Gasteiger partial charge in [-0.25, -0.2) is 19.2 Å². The summed E-state index contributed by atoms with van der Waals surface area (Å²) in [6.07, 6.45) is 1.24. The molecule has 0 unspecified atom stereocenters. The number of benzene rings is 1. The molecule has 25 heavy (non-hydrogen) atoms. The zero-order chi connectivity index (χ0) is 18.4. The van der Waals surface area contributed by atoms with Crippen molar-refractivity contribution >= 4 is 46.7 Å². The van der Waals surface area contributed by atoms with E-state index in [1.807, 2.05) is 0 Å². The molecule has 1 aromatic carbocycles. The molecule has 0 atom stereocenters. The van der Waals surface area contributed by atoms with E-state index in [1.165, 1.54) is 18.3 Å². The SMILES string of the molecule is CCOC(=O)c1cnc(SCC(=O)Nc2ccc(Cl)cc2F)nc1N. The normalized spacial score (nSPS) is 10.4. The smallest absolute Gasteiger partial charge is 0.343 e. The van der Waals surface area contributed by atoms with Gasteiger partial charge in [-0.2, -0.15) is 0 Å². The summed E-state index contributed by atoms with van der Waals surface area (Å²) >= 11 is 6.64. The van der Waals surface area contributed by atoms with Crippen LogP contribution in [0.25, 0.3) is 0 Å². The minimum absolute atomic E-state index is 0.0214. The van der Waals surface area contributed by atoms with Crippen molar-refractivity contribution in [3.8, 4) is 0 Å². The van der Waals surface area contributed by atoms with E-state index in [2.05, 4.69) is 15.3 Å². The number of carbonyl (C=O) groups is 2. The van der Waals surface area contributed by atoms with E-state index in [9.17, 15) is 14.0 Å². The average molecular weight is 385 g/mol. The zero-order valence-electron chi connectivity index (χ0n) is 13.1. The second-order valence-electron chi connectivity index (χ2n) is 4.63. The number of carbonyl (C=O) groups excluding carboxylic acids is 2. The Balaban J connectivity index is 1.95. The summed E-state index contributed by atoms with van der Waals surface area (Å²) in [7, 11) is 0. The molecule has 2 aromatic rings. The number of thioether (sulfide) groups is 1. The molecule has 0 spiro atoms. The maximum atomic E-state index is 13.6. The molecule has 0 saturated carbocycles. The van der Waals surface area contributed by atoms with Crippen LogP contribution in [-0.4, -0.2) is 34.2 Å². The van der Waals surface area contributed by atoms with Crippen LogP contribution in [0.2, 0.25) is 5.02 Å². The van der Waals surface area contributed by atoms with Crippen LogP contribution in [0.1, 0.15) is 17.3 Å². The maximum Gasteiger partial charge on any atom is 0.343 e. The molecule has 0 saturated heterocycles. The first-order valence-electron chi connectivity index (χ1n) is 7.08. The van der Waals surface area contributed by atoms with Crippen molar-refractivity contribution in [1.29, 1.82) is 0 Å². The lowest BCUT2D eigenvalue weighted by molar-refractivity contribution is -0.113. The quantitative estimate of drug-likeness (QED) is 0.448. The number of rotatable bonds is 6. The number of halogens is 2. The second kappa shape index (κ2) is 8.63. The molecule has 132 valence electrons. The summed E-state index contributed by atoms with van der Waals surface area (Å²) in [5.74, 6) is -1.82. The van der Waals surface area contributed by atoms with Crippen molar-refractivity contribution in [1.82, 2.24) is 9.97 Å². The average Bonchev–Trinajstić information content (AvgIpc) is 2.56. The first-order chi connectivity index (χ1) is 11.9. The highest BCUT2D eigenvalue weighted by Gasteiger charge is 2.15. The van der Waals surface area contributed by atoms with Gasteiger partial charge in [-0.3, -0.25) is 4.79 Å². The largest absolute Gasteiger partial charge is 0.462 e. The summed E-state index contributed by atoms with van der Waals surface area (Å²) in [6, 6.07) is 3.93. The molecule has 0 aliphatic rings. The molecule has 1 aromatic heterocycles. The Kier molecular flexibility index (Phi) is 6.54. The number of nitrogens with two attached hydrogens (primary N) is 1. The molecule has 1 heterocycles. The number of esters is 1. The summed E-state index contributed by atoms with van der Waals surface area (Å²) in [5.41, 5.74) is 5.76. The van der Waals surface area contributed by atoms with Crippen LogP contribution in [-0.2, 0) is 9.53 Å². The Bertz CT molecular complexity index is 806. The van der Waals surface area contributed by atoms with Crippen molar-refractivity contribution in [3.05, 3.63) is 40.8 Å². The molecule has 10 heteroatoms. The lowest BCUT2D eigenvalue weighted by atomic mass is 10.3. The second-order valence-corrected chi connectivity index (χ2v) is 6.01. The van der Waals surface area contributed by atoms with Crippen molar-refractivity contribution in [2.75, 3.05) is 23.4 Å². The lowest BCUT2D eigenvalue weighted by Gasteiger charge is -2.07. The number of anilines is 2. The molecule has 7 nitrogen and oxygen atoms in total. The van der Waals surface area contributed by atoms with Crippen molar-refractivity contribution < 1.29 is 18.7 Å². The van der Waals surface area contributed by atoms with E-state index in [0.717, 1.165) is 17.8 Å². The number of aromatic nitrogens is 2. The molecule has 0 aliphatic heterocycles. The lowest BCUT2D eigenvalue weighted by Crippen LogP contribution is -2.15. The number of nitrogens with zero attached hydrogens (tertiary/aromatic N) is 2. The van der Waals surface area contributed by atoms with Crippen molar-refractivity contribution in [2.45, 2.75) is 12.1 Å². The number of amides is 1. The van der Waals surface area contributed by atoms with Crippen LogP contribution in [0, 0.1) is 5.82 Å². The molecule has 0 bridgehead atoms. The van der Waals surface area contributed by atoms with E-state index in [-0.39, 0.29) is 39.6 Å². The van der Waals surface area contributed by atoms with Crippen LogP contribution in [0.5, 0.6) is 0 Å². The van der Waals surface area contributed by atoms with Crippen LogP contribution in [0.15, 0.2) is 29.6 Å². The summed E-state index contributed by atoms with van der Waals surface area (Å²) in [4.78, 5) is 31.4. The Morgan fingerprint density at radius 2 is 2.20 bits per heavy atom. The molecule has 1 amide bonds. The third kappa shape index (κ3) is 5.30. The van der Waals surface area contributed by atoms with Crippen LogP contribution >= 0.6 is 23.4 Å². The summed E-state index contributed by atoms with van der Waals surface area (Å²) < 4.78 is 18.4. The first-order valence-corrected chi connectivity index (χ1v) is 8.44. The number of nitrogen functional groups attached to an aromatic ring is 1. The van der Waals surface area contributed by atoms with E-state index in [1.54, 1.807) is 6.92 Å². The maximum absolute atomic E-state index is 13.6. The number of nitrogens with one attached hydrogen (secondary N) is 1. The monoisotopic (exact) mass is 384 g/mol. The fourth-order valence-corrected chi connectivity index (χ4v) is 2.50. The van der Waals surface area contributed by atoms with Gasteiger partial charge in [0.15, 0.2) is 5.16 Å². The molecule has 2 rings (SSSR count). The van der Waals surface area contributed by atoms with E-state index >= 15 is 0 Å². The van der Waals surface area contributed by atoms with Crippen LogP contribution < -0.4 is 11.1 Å². The summed E-state index contributed by atoms with van der Waals surface area (Å²) in [5, 5.41) is 2.85. The number of ether oxygens (including phenoxy) is 1. The Morgan fingerprint density at radius 1 is 1.44 bits per heavy atom. The highest BCUT2D eigenvalue weighted by molar-refractivity contribution is 7.99. The van der Waals surface area contributed by atoms with Crippen molar-refractivity contribution in [3.63, 3.8) is 0 Å². The molecule has 0 radical (unpaired) electrons. The van der Waals surface area contributed by atoms with E-state index in [4.69, 9.17) is 22.1 Å². The van der Waals surface area contributed by atoms with Gasteiger partial charge in [0.2, 0.25) is 5.91 Å². The van der Waals surface area contributed by atoms with E-state index < -0.39 is 17.7 Å². The highest BCUT2D eigenvalue weighted by Crippen LogP contribution is 2.20. The van der Waals surface area contributed by atoms with Crippen LogP contribution in [0.4, 0.5) is 15.9 Å². The van der Waals surface area contributed by atoms with Gasteiger partial charge >= 0.3 is 5.97 Å². The minimum Gasteiger partial charge on any atom is -0.462 e. The fourth-order valence-electron chi connectivity index (χ4n) is 1.72. The van der Waals surface area contributed by atoms with Crippen molar-refractivity contribution in [2.24, 2.45) is 0 Å². The topological polar surface area (TPSA) is 107 Å². The van der Waals surface area contributed by atoms with Gasteiger partial charge in [-0.05, 0) is 25.1 Å². The molecule has 0 aliphatic carbocycles. The Morgan fingerprint density at radius 3 is 2.84 bits per heavy atom. The summed E-state index contributed by atoms with van der Waals surface area (Å²) in [6.45, 7) is 1.87. The number of hydrogen-bond donors (Lipinski definition) is 2. The van der Waals surface area contributed by atoms with Gasteiger partial charge in [-0.15, -0.1) is 0 Å². The molecular formula is C15H14ClFN4O3S. The van der Waals surface area contributed by atoms with Gasteiger partial charge < -0.3 is 15.8 Å². The first kappa shape index (κ1) is 18.9. The molecule has 0 fully saturated rings. The minimum atomic E-state index is -0.634. The number of hydrogen-bond acceptors (Lipinski definition) is 7. The predicted octanol–water partition coefficient (Wildman–Crippen LogP) is 2.76. The van der Waals surface area contributed by atoms with Gasteiger partial charge in [0.1, 0.15) is 17.2 Å². The highest BCUT2D eigenvalue weighted by atomic mass is 35.5. The molecular weight excluding hydrogens is 371 g/mol. The third-order valence-corrected chi connectivity index (χ3v) is 3.93. The Hall–Kier alpha value is -2.39. The Labute approximate surface area is 152 Å². The predicted molar refractivity (Wildman–Crippen MR) is 93.2 cm³/mol. The molecule has 3 N–H and O–H groups in total. The third-order valence-electron chi connectivity index (χ3n) is 2.83. The fraction of sp³-hybridized carbons (Fsp3) is 0.200. The van der Waals surface area contributed by atoms with Gasteiger partial charge in [0.05, 0.1) is 18.0 Å². The van der Waals surface area contributed by atoms with Gasteiger partial charge in [0.25, 0.3) is 0 Å². The van der Waals surface area contributed by atoms with Gasteiger partial charge in [0, 0.05) is 11.2 Å². The van der Waals surface area contributed by atoms with Crippen LogP contribution in [0.3, 0.4) is 0 Å². The van der Waals surface area contributed by atoms with Gasteiger partial charge in [-0.1, -0.05) is 23.4 Å². The standard InChI is InChI=1S/C15H14ClFN4O3S/c1-2-24-14(23)9-6-19-15(21-13(9)18)25-7-12(22)20-11-4-3-8(16)5-10(11)17/h3-6H,2,7H2,1H3,(H,20,22)(H2,18,19,21).